The Morgan fingerprint density at radius 2 is 1.96 bits per heavy atom. The van der Waals surface area contributed by atoms with Crippen LogP contribution >= 0.6 is 11.3 Å². The highest BCUT2D eigenvalue weighted by atomic mass is 32.1. The van der Waals surface area contributed by atoms with Gasteiger partial charge >= 0.3 is 0 Å². The maximum atomic E-state index is 12.9. The van der Waals surface area contributed by atoms with Gasteiger partial charge in [0.1, 0.15) is 11.8 Å². The molecule has 0 spiro atoms. The van der Waals surface area contributed by atoms with Gasteiger partial charge in [0, 0.05) is 4.88 Å². The minimum atomic E-state index is -0.664. The van der Waals surface area contributed by atoms with Crippen LogP contribution in [0.2, 0.25) is 0 Å². The molecule has 0 aliphatic heterocycles. The summed E-state index contributed by atoms with van der Waals surface area (Å²) in [7, 11) is 0. The molecule has 0 radical (unpaired) electrons. The second kappa shape index (κ2) is 9.19. The maximum absolute atomic E-state index is 12.9. The molecule has 2 amide bonds. The summed E-state index contributed by atoms with van der Waals surface area (Å²) in [6.45, 7) is 6.15. The Morgan fingerprint density at radius 3 is 2.68 bits per heavy atom. The van der Waals surface area contributed by atoms with E-state index in [0.29, 0.717) is 23.1 Å². The van der Waals surface area contributed by atoms with E-state index in [-0.39, 0.29) is 17.7 Å². The van der Waals surface area contributed by atoms with Gasteiger partial charge in [-0.1, -0.05) is 26.0 Å². The molecular weight excluding hydrogens is 374 g/mol. The molecule has 6 nitrogen and oxygen atoms in total. The molecule has 1 aliphatic carbocycles. The summed E-state index contributed by atoms with van der Waals surface area (Å²) in [4.78, 5) is 31.5. The van der Waals surface area contributed by atoms with Crippen molar-refractivity contribution < 1.29 is 14.3 Å². The van der Waals surface area contributed by atoms with Gasteiger partial charge in [0.15, 0.2) is 5.13 Å². The lowest BCUT2D eigenvalue weighted by atomic mass is 10.0. The molecular formula is C21H27N3O3S. The van der Waals surface area contributed by atoms with Crippen LogP contribution in [-0.4, -0.2) is 29.4 Å². The molecule has 7 heteroatoms. The van der Waals surface area contributed by atoms with E-state index in [1.54, 1.807) is 29.5 Å². The van der Waals surface area contributed by atoms with Crippen LogP contribution in [0.15, 0.2) is 24.3 Å². The number of nitrogens with one attached hydrogen (secondary N) is 2. The molecule has 2 N–H and O–H groups in total. The second-order valence-corrected chi connectivity index (χ2v) is 8.29. The lowest BCUT2D eigenvalue weighted by molar-refractivity contribution is -0.118. The van der Waals surface area contributed by atoms with Crippen LogP contribution in [0.5, 0.6) is 5.75 Å². The smallest absolute Gasteiger partial charge is 0.255 e. The van der Waals surface area contributed by atoms with Crippen molar-refractivity contribution in [1.82, 2.24) is 10.3 Å². The number of rotatable bonds is 7. The number of fused-ring (bicyclic) bond motifs is 1. The lowest BCUT2D eigenvalue weighted by Crippen LogP contribution is -2.47. The highest BCUT2D eigenvalue weighted by Crippen LogP contribution is 2.29. The summed E-state index contributed by atoms with van der Waals surface area (Å²) in [5, 5.41) is 6.38. The quantitative estimate of drug-likeness (QED) is 0.739. The molecule has 1 aromatic heterocycles. The third-order valence-corrected chi connectivity index (χ3v) is 5.82. The standard InChI is InChI=1S/C21H27N3O3S/c1-4-27-16-11-7-5-9-14(16)19(25)23-18(13(2)3)20(26)24-21-22-15-10-6-8-12-17(15)28-21/h5,7,9,11,13,18H,4,6,8,10,12H2,1-3H3,(H,23,25)(H,22,24,26)/t18-/m1/s1. The van der Waals surface area contributed by atoms with Crippen LogP contribution in [0.25, 0.3) is 0 Å². The number of anilines is 1. The summed E-state index contributed by atoms with van der Waals surface area (Å²) < 4.78 is 5.53. The summed E-state index contributed by atoms with van der Waals surface area (Å²) in [6, 6.07) is 6.39. The molecule has 150 valence electrons. The Kier molecular flexibility index (Phi) is 6.67. The fraction of sp³-hybridized carbons (Fsp3) is 0.476. The first kappa shape index (κ1) is 20.3. The summed E-state index contributed by atoms with van der Waals surface area (Å²) in [5.41, 5.74) is 1.52. The molecule has 1 heterocycles. The molecule has 2 aromatic rings. The number of nitrogens with zero attached hydrogens (tertiary/aromatic N) is 1. The molecule has 28 heavy (non-hydrogen) atoms. The SMILES string of the molecule is CCOc1ccccc1C(=O)N[C@@H](C(=O)Nc1nc2c(s1)CCCC2)C(C)C. The Hall–Kier alpha value is -2.41. The first-order valence-corrected chi connectivity index (χ1v) is 10.6. The van der Waals surface area contributed by atoms with Crippen LogP contribution < -0.4 is 15.4 Å². The topological polar surface area (TPSA) is 80.3 Å². The van der Waals surface area contributed by atoms with E-state index in [4.69, 9.17) is 4.74 Å². The van der Waals surface area contributed by atoms with Gasteiger partial charge in [-0.15, -0.1) is 11.3 Å². The highest BCUT2D eigenvalue weighted by molar-refractivity contribution is 7.15. The number of aryl methyl sites for hydroxylation is 2. The van der Waals surface area contributed by atoms with Gasteiger partial charge in [0.05, 0.1) is 17.9 Å². The van der Waals surface area contributed by atoms with Crippen LogP contribution in [0.1, 0.15) is 54.5 Å². The molecule has 0 bridgehead atoms. The van der Waals surface area contributed by atoms with Crippen LogP contribution in [0.4, 0.5) is 5.13 Å². The molecule has 0 fully saturated rings. The zero-order valence-corrected chi connectivity index (χ0v) is 17.4. The van der Waals surface area contributed by atoms with Crippen molar-refractivity contribution in [3.05, 3.63) is 40.4 Å². The second-order valence-electron chi connectivity index (χ2n) is 7.21. The van der Waals surface area contributed by atoms with Crippen molar-refractivity contribution >= 4 is 28.3 Å². The van der Waals surface area contributed by atoms with Crippen molar-refractivity contribution in [3.63, 3.8) is 0 Å². The molecule has 1 aliphatic rings. The lowest BCUT2D eigenvalue weighted by Gasteiger charge is -2.21. The summed E-state index contributed by atoms with van der Waals surface area (Å²) in [6.07, 6.45) is 4.32. The van der Waals surface area contributed by atoms with E-state index in [1.807, 2.05) is 26.8 Å². The van der Waals surface area contributed by atoms with Gasteiger partial charge in [0.2, 0.25) is 5.91 Å². The third-order valence-electron chi connectivity index (χ3n) is 4.74. The summed E-state index contributed by atoms with van der Waals surface area (Å²) >= 11 is 1.54. The zero-order chi connectivity index (χ0) is 20.1. The Morgan fingerprint density at radius 1 is 1.21 bits per heavy atom. The Balaban J connectivity index is 1.71. The number of amides is 2. The molecule has 1 aromatic carbocycles. The van der Waals surface area contributed by atoms with Crippen molar-refractivity contribution in [2.75, 3.05) is 11.9 Å². The van der Waals surface area contributed by atoms with Crippen molar-refractivity contribution in [2.45, 2.75) is 52.5 Å². The minimum absolute atomic E-state index is 0.0715. The number of thiazole rings is 1. The predicted molar refractivity (Wildman–Crippen MR) is 111 cm³/mol. The fourth-order valence-corrected chi connectivity index (χ4v) is 4.33. The van der Waals surface area contributed by atoms with Crippen molar-refractivity contribution in [2.24, 2.45) is 5.92 Å². The monoisotopic (exact) mass is 401 g/mol. The van der Waals surface area contributed by atoms with Gasteiger partial charge in [-0.2, -0.15) is 0 Å². The Labute approximate surface area is 169 Å². The highest BCUT2D eigenvalue weighted by Gasteiger charge is 2.27. The van der Waals surface area contributed by atoms with Gasteiger partial charge in [-0.3, -0.25) is 9.59 Å². The van der Waals surface area contributed by atoms with Gasteiger partial charge < -0.3 is 15.4 Å². The van der Waals surface area contributed by atoms with E-state index in [2.05, 4.69) is 15.6 Å². The van der Waals surface area contributed by atoms with Crippen molar-refractivity contribution in [1.29, 1.82) is 0 Å². The molecule has 0 unspecified atom stereocenters. The summed E-state index contributed by atoms with van der Waals surface area (Å²) in [5.74, 6) is -0.129. The number of carbonyl (C=O) groups is 2. The maximum Gasteiger partial charge on any atom is 0.255 e. The van der Waals surface area contributed by atoms with E-state index in [1.165, 1.54) is 11.3 Å². The van der Waals surface area contributed by atoms with E-state index in [0.717, 1.165) is 25.0 Å². The van der Waals surface area contributed by atoms with Gasteiger partial charge in [-0.05, 0) is 50.7 Å². The number of benzene rings is 1. The average molecular weight is 402 g/mol. The zero-order valence-electron chi connectivity index (χ0n) is 16.6. The number of hydrogen-bond donors (Lipinski definition) is 2. The number of hydrogen-bond acceptors (Lipinski definition) is 5. The molecule has 3 rings (SSSR count). The fourth-order valence-electron chi connectivity index (χ4n) is 3.28. The van der Waals surface area contributed by atoms with Crippen molar-refractivity contribution in [3.8, 4) is 5.75 Å². The number of ether oxygens (including phenoxy) is 1. The average Bonchev–Trinajstić information content (AvgIpc) is 3.08. The predicted octanol–water partition coefficient (Wildman–Crippen LogP) is 3.81. The van der Waals surface area contributed by atoms with E-state index >= 15 is 0 Å². The largest absolute Gasteiger partial charge is 0.493 e. The van der Waals surface area contributed by atoms with Crippen LogP contribution in [0.3, 0.4) is 0 Å². The van der Waals surface area contributed by atoms with E-state index in [9.17, 15) is 9.59 Å². The Bertz CT molecular complexity index is 824. The number of para-hydroxylation sites is 1. The minimum Gasteiger partial charge on any atom is -0.493 e. The number of carbonyl (C=O) groups excluding carboxylic acids is 2. The first-order valence-electron chi connectivity index (χ1n) is 9.81. The van der Waals surface area contributed by atoms with Crippen LogP contribution in [0, 0.1) is 5.92 Å². The molecule has 0 saturated heterocycles. The van der Waals surface area contributed by atoms with Crippen LogP contribution in [-0.2, 0) is 17.6 Å². The van der Waals surface area contributed by atoms with E-state index < -0.39 is 6.04 Å². The first-order chi connectivity index (χ1) is 13.5. The number of aromatic nitrogens is 1. The van der Waals surface area contributed by atoms with Gasteiger partial charge in [-0.25, -0.2) is 4.98 Å². The molecule has 0 saturated carbocycles. The molecule has 1 atom stereocenters. The van der Waals surface area contributed by atoms with Gasteiger partial charge in [0.25, 0.3) is 5.91 Å². The normalized spacial score (nSPS) is 14.3. The third kappa shape index (κ3) is 4.70.